The summed E-state index contributed by atoms with van der Waals surface area (Å²) in [5.41, 5.74) is 1.83. The smallest absolute Gasteiger partial charge is 0.387 e. The number of anilines is 1. The first kappa shape index (κ1) is 25.4. The molecule has 0 saturated carbocycles. The van der Waals surface area contributed by atoms with E-state index in [0.717, 1.165) is 38.4 Å². The minimum Gasteiger partial charge on any atom is -0.493 e. The number of benzene rings is 2. The molecule has 2 aromatic rings. The van der Waals surface area contributed by atoms with Gasteiger partial charge in [0.15, 0.2) is 11.5 Å². The summed E-state index contributed by atoms with van der Waals surface area (Å²) in [5, 5.41) is 2.83. The first-order chi connectivity index (χ1) is 16.3. The van der Waals surface area contributed by atoms with Crippen molar-refractivity contribution < 1.29 is 27.4 Å². The maximum atomic E-state index is 14.1. The van der Waals surface area contributed by atoms with Gasteiger partial charge in [0, 0.05) is 49.1 Å². The summed E-state index contributed by atoms with van der Waals surface area (Å²) in [4.78, 5) is 17.2. The third kappa shape index (κ3) is 6.44. The van der Waals surface area contributed by atoms with E-state index in [2.05, 4.69) is 26.8 Å². The summed E-state index contributed by atoms with van der Waals surface area (Å²) in [6.45, 7) is 5.32. The van der Waals surface area contributed by atoms with E-state index in [1.807, 2.05) is 0 Å². The van der Waals surface area contributed by atoms with Crippen molar-refractivity contribution in [3.8, 4) is 11.5 Å². The number of ether oxygens (including phenoxy) is 2. The molecule has 1 saturated heterocycles. The highest BCUT2D eigenvalue weighted by atomic mass is 19.3. The number of alkyl halides is 2. The standard InChI is InChI=1S/C25H30F3N3O3/c1-4-30-12-14-31(15-13-30)21-10-9-19(26)16-20(21)17(2)29-23(32)11-8-18-6-5-7-22(33-3)24(18)34-25(27)28/h5-11,16-17,25H,4,12-15H2,1-3H3,(H,29,32). The number of piperazine rings is 1. The van der Waals surface area contributed by atoms with Gasteiger partial charge in [0.25, 0.3) is 0 Å². The lowest BCUT2D eigenvalue weighted by atomic mass is 10.0. The molecule has 1 atom stereocenters. The summed E-state index contributed by atoms with van der Waals surface area (Å²) >= 11 is 0. The van der Waals surface area contributed by atoms with Gasteiger partial charge in [-0.05, 0) is 43.8 Å². The van der Waals surface area contributed by atoms with Gasteiger partial charge >= 0.3 is 6.61 Å². The van der Waals surface area contributed by atoms with Crippen molar-refractivity contribution in [2.45, 2.75) is 26.5 Å². The number of amides is 1. The molecule has 184 valence electrons. The Labute approximate surface area is 197 Å². The van der Waals surface area contributed by atoms with E-state index in [0.29, 0.717) is 5.56 Å². The van der Waals surface area contributed by atoms with Crippen LogP contribution in [-0.2, 0) is 4.79 Å². The number of carbonyl (C=O) groups excluding carboxylic acids is 1. The minimum absolute atomic E-state index is 0.129. The quantitative estimate of drug-likeness (QED) is 0.541. The zero-order chi connectivity index (χ0) is 24.7. The molecular formula is C25H30F3N3O3. The van der Waals surface area contributed by atoms with Crippen LogP contribution in [-0.4, -0.2) is 57.3 Å². The lowest BCUT2D eigenvalue weighted by molar-refractivity contribution is -0.117. The molecule has 0 bridgehead atoms. The Morgan fingerprint density at radius 3 is 2.56 bits per heavy atom. The molecular weight excluding hydrogens is 447 g/mol. The number of para-hydroxylation sites is 1. The molecule has 1 aliphatic heterocycles. The van der Waals surface area contributed by atoms with Gasteiger partial charge in [0.05, 0.1) is 13.2 Å². The number of hydrogen-bond acceptors (Lipinski definition) is 5. The van der Waals surface area contributed by atoms with Crippen LogP contribution >= 0.6 is 0 Å². The Hall–Kier alpha value is -3.20. The van der Waals surface area contributed by atoms with Crippen LogP contribution in [0.2, 0.25) is 0 Å². The maximum absolute atomic E-state index is 14.1. The molecule has 9 heteroatoms. The van der Waals surface area contributed by atoms with Crippen molar-refractivity contribution in [2.24, 2.45) is 0 Å². The van der Waals surface area contributed by atoms with Gasteiger partial charge in [-0.1, -0.05) is 19.1 Å². The maximum Gasteiger partial charge on any atom is 0.387 e. The van der Waals surface area contributed by atoms with Crippen molar-refractivity contribution in [1.29, 1.82) is 0 Å². The molecule has 0 aromatic heterocycles. The normalized spacial score (nSPS) is 15.6. The minimum atomic E-state index is -3.04. The van der Waals surface area contributed by atoms with Crippen molar-refractivity contribution in [1.82, 2.24) is 10.2 Å². The molecule has 0 spiro atoms. The summed E-state index contributed by atoms with van der Waals surface area (Å²) in [6, 6.07) is 8.76. The molecule has 34 heavy (non-hydrogen) atoms. The molecule has 0 radical (unpaired) electrons. The van der Waals surface area contributed by atoms with E-state index in [1.54, 1.807) is 19.1 Å². The van der Waals surface area contributed by atoms with Crippen molar-refractivity contribution in [2.75, 3.05) is 44.7 Å². The van der Waals surface area contributed by atoms with Crippen molar-refractivity contribution >= 4 is 17.7 Å². The number of likely N-dealkylation sites (N-methyl/N-ethyl adjacent to an activating group) is 1. The summed E-state index contributed by atoms with van der Waals surface area (Å²) < 4.78 is 49.4. The van der Waals surface area contributed by atoms with Crippen LogP contribution in [0.3, 0.4) is 0 Å². The van der Waals surface area contributed by atoms with E-state index in [4.69, 9.17) is 4.74 Å². The van der Waals surface area contributed by atoms with Crippen LogP contribution in [0, 0.1) is 5.82 Å². The Bertz CT molecular complexity index is 1010. The third-order valence-electron chi connectivity index (χ3n) is 5.83. The molecule has 1 unspecified atom stereocenters. The predicted octanol–water partition coefficient (Wildman–Crippen LogP) is 4.47. The summed E-state index contributed by atoms with van der Waals surface area (Å²) in [6.07, 6.45) is 2.60. The number of halogens is 3. The predicted molar refractivity (Wildman–Crippen MR) is 126 cm³/mol. The molecule has 6 nitrogen and oxygen atoms in total. The van der Waals surface area contributed by atoms with Gasteiger partial charge in [-0.15, -0.1) is 0 Å². The van der Waals surface area contributed by atoms with Crippen molar-refractivity contribution in [3.63, 3.8) is 0 Å². The van der Waals surface area contributed by atoms with Crippen LogP contribution in [0.5, 0.6) is 11.5 Å². The Morgan fingerprint density at radius 2 is 1.91 bits per heavy atom. The first-order valence-corrected chi connectivity index (χ1v) is 11.2. The second-order valence-electron chi connectivity index (χ2n) is 7.95. The Balaban J connectivity index is 1.74. The first-order valence-electron chi connectivity index (χ1n) is 11.2. The fraction of sp³-hybridized carbons (Fsp3) is 0.400. The highest BCUT2D eigenvalue weighted by Crippen LogP contribution is 2.33. The average molecular weight is 478 g/mol. The second kappa shape index (κ2) is 11.8. The van der Waals surface area contributed by atoms with Gasteiger partial charge < -0.3 is 24.6 Å². The molecule has 2 aromatic carbocycles. The van der Waals surface area contributed by atoms with Crippen molar-refractivity contribution in [3.05, 3.63) is 59.4 Å². The largest absolute Gasteiger partial charge is 0.493 e. The highest BCUT2D eigenvalue weighted by Gasteiger charge is 2.21. The van der Waals surface area contributed by atoms with Gasteiger partial charge in [0.1, 0.15) is 5.82 Å². The van der Waals surface area contributed by atoms with E-state index in [-0.39, 0.29) is 22.9 Å². The van der Waals surface area contributed by atoms with Crippen LogP contribution in [0.4, 0.5) is 18.9 Å². The number of carbonyl (C=O) groups is 1. The van der Waals surface area contributed by atoms with Crippen LogP contribution in [0.1, 0.15) is 31.0 Å². The van der Waals surface area contributed by atoms with E-state index in [9.17, 15) is 18.0 Å². The van der Waals surface area contributed by atoms with E-state index in [1.165, 1.54) is 43.5 Å². The number of rotatable bonds is 9. The lowest BCUT2D eigenvalue weighted by Crippen LogP contribution is -2.46. The van der Waals surface area contributed by atoms with Crippen LogP contribution in [0.25, 0.3) is 6.08 Å². The number of hydrogen-bond donors (Lipinski definition) is 1. The number of methoxy groups -OCH3 is 1. The molecule has 1 heterocycles. The Kier molecular flexibility index (Phi) is 8.81. The van der Waals surface area contributed by atoms with Gasteiger partial charge in [-0.2, -0.15) is 8.78 Å². The number of nitrogens with zero attached hydrogens (tertiary/aromatic N) is 2. The Morgan fingerprint density at radius 1 is 1.18 bits per heavy atom. The van der Waals surface area contributed by atoms with E-state index < -0.39 is 18.6 Å². The number of nitrogens with one attached hydrogen (secondary N) is 1. The SMILES string of the molecule is CCN1CCN(c2ccc(F)cc2C(C)NC(=O)C=Cc2cccc(OC)c2OC(F)F)CC1. The zero-order valence-electron chi connectivity index (χ0n) is 19.6. The third-order valence-corrected chi connectivity index (χ3v) is 5.83. The highest BCUT2D eigenvalue weighted by molar-refractivity contribution is 5.92. The fourth-order valence-electron chi connectivity index (χ4n) is 4.01. The molecule has 1 N–H and O–H groups in total. The van der Waals surface area contributed by atoms with Gasteiger partial charge in [-0.3, -0.25) is 4.79 Å². The summed E-state index contributed by atoms with van der Waals surface area (Å²) in [5.74, 6) is -0.864. The monoisotopic (exact) mass is 477 g/mol. The zero-order valence-corrected chi connectivity index (χ0v) is 19.6. The average Bonchev–Trinajstić information content (AvgIpc) is 2.83. The van der Waals surface area contributed by atoms with Crippen LogP contribution < -0.4 is 19.7 Å². The molecule has 1 amide bonds. The fourth-order valence-corrected chi connectivity index (χ4v) is 4.01. The molecule has 0 aliphatic carbocycles. The van der Waals surface area contributed by atoms with Gasteiger partial charge in [0.2, 0.25) is 5.91 Å². The molecule has 3 rings (SSSR count). The summed E-state index contributed by atoms with van der Waals surface area (Å²) in [7, 11) is 1.34. The molecule has 1 aliphatic rings. The lowest BCUT2D eigenvalue weighted by Gasteiger charge is -2.37. The van der Waals surface area contributed by atoms with E-state index >= 15 is 0 Å². The van der Waals surface area contributed by atoms with Gasteiger partial charge in [-0.25, -0.2) is 4.39 Å². The second-order valence-corrected chi connectivity index (χ2v) is 7.95. The van der Waals surface area contributed by atoms with Crippen LogP contribution in [0.15, 0.2) is 42.5 Å². The topological polar surface area (TPSA) is 54.0 Å². The molecule has 1 fully saturated rings.